The molecule has 1 aromatic heterocycles. The molecule has 17 heavy (non-hydrogen) atoms. The van der Waals surface area contributed by atoms with E-state index >= 15 is 0 Å². The minimum Gasteiger partial charge on any atom is -0.313 e. The molecule has 0 amide bonds. The quantitative estimate of drug-likeness (QED) is 0.849. The van der Waals surface area contributed by atoms with Gasteiger partial charge in [0.1, 0.15) is 0 Å². The maximum absolute atomic E-state index is 4.42. The van der Waals surface area contributed by atoms with E-state index in [4.69, 9.17) is 0 Å². The molecule has 1 aliphatic heterocycles. The molecule has 3 rings (SSSR count). The second-order valence-electron chi connectivity index (χ2n) is 4.15. The molecule has 1 aliphatic rings. The maximum atomic E-state index is 4.42. The zero-order chi connectivity index (χ0) is 11.5. The minimum atomic E-state index is 0.954. The van der Waals surface area contributed by atoms with Crippen LogP contribution >= 0.6 is 0 Å². The number of hydrogen-bond acceptors (Lipinski definition) is 2. The van der Waals surface area contributed by atoms with Gasteiger partial charge in [-0.2, -0.15) is 5.10 Å². The molecule has 3 nitrogen and oxygen atoms in total. The molecule has 0 spiro atoms. The second kappa shape index (κ2) is 4.55. The second-order valence-corrected chi connectivity index (χ2v) is 4.15. The van der Waals surface area contributed by atoms with Crippen molar-refractivity contribution in [1.29, 1.82) is 0 Å². The summed E-state index contributed by atoms with van der Waals surface area (Å²) in [6.07, 6.45) is 5.18. The van der Waals surface area contributed by atoms with Crippen LogP contribution < -0.4 is 5.32 Å². The molecule has 2 heterocycles. The van der Waals surface area contributed by atoms with E-state index in [1.54, 1.807) is 0 Å². The third-order valence-corrected chi connectivity index (χ3v) is 3.04. The van der Waals surface area contributed by atoms with Crippen LogP contribution in [0.15, 0.2) is 48.7 Å². The van der Waals surface area contributed by atoms with E-state index in [0.717, 1.165) is 25.2 Å². The van der Waals surface area contributed by atoms with Gasteiger partial charge in [-0.25, -0.2) is 4.68 Å². The van der Waals surface area contributed by atoms with Gasteiger partial charge in [-0.15, -0.1) is 0 Å². The lowest BCUT2D eigenvalue weighted by molar-refractivity contribution is 0.731. The Labute approximate surface area is 101 Å². The standard InChI is InChI=1S/C14H15N3/c1-2-4-13(5-3-1)17-14(8-11-16-17)12-6-9-15-10-7-12/h1-6,8,11,15H,7,9-10H2. The molecular weight excluding hydrogens is 210 g/mol. The lowest BCUT2D eigenvalue weighted by Crippen LogP contribution is -2.20. The van der Waals surface area contributed by atoms with E-state index in [1.165, 1.54) is 11.3 Å². The van der Waals surface area contributed by atoms with Crippen molar-refractivity contribution in [2.24, 2.45) is 0 Å². The molecule has 0 saturated heterocycles. The molecule has 2 aromatic rings. The van der Waals surface area contributed by atoms with E-state index in [-0.39, 0.29) is 0 Å². The van der Waals surface area contributed by atoms with Gasteiger partial charge < -0.3 is 5.32 Å². The summed E-state index contributed by atoms with van der Waals surface area (Å²) < 4.78 is 2.01. The molecule has 86 valence electrons. The number of aromatic nitrogens is 2. The number of benzene rings is 1. The van der Waals surface area contributed by atoms with Crippen LogP contribution in [0.4, 0.5) is 0 Å². The van der Waals surface area contributed by atoms with Gasteiger partial charge in [0.25, 0.3) is 0 Å². The summed E-state index contributed by atoms with van der Waals surface area (Å²) >= 11 is 0. The molecular formula is C14H15N3. The van der Waals surface area contributed by atoms with Crippen LogP contribution in [0.3, 0.4) is 0 Å². The topological polar surface area (TPSA) is 29.9 Å². The predicted molar refractivity (Wildman–Crippen MR) is 69.0 cm³/mol. The zero-order valence-electron chi connectivity index (χ0n) is 9.63. The summed E-state index contributed by atoms with van der Waals surface area (Å²) in [5, 5.41) is 7.75. The summed E-state index contributed by atoms with van der Waals surface area (Å²) in [7, 11) is 0. The average molecular weight is 225 g/mol. The fraction of sp³-hybridized carbons (Fsp3) is 0.214. The van der Waals surface area contributed by atoms with Crippen LogP contribution in [0.5, 0.6) is 0 Å². The number of para-hydroxylation sites is 1. The maximum Gasteiger partial charge on any atom is 0.0698 e. The summed E-state index contributed by atoms with van der Waals surface area (Å²) in [5.74, 6) is 0. The highest BCUT2D eigenvalue weighted by Crippen LogP contribution is 2.21. The first-order chi connectivity index (χ1) is 8.45. The Bertz CT molecular complexity index is 525. The third-order valence-electron chi connectivity index (χ3n) is 3.04. The molecule has 3 heteroatoms. The lowest BCUT2D eigenvalue weighted by atomic mass is 10.1. The van der Waals surface area contributed by atoms with Crippen molar-refractivity contribution < 1.29 is 0 Å². The van der Waals surface area contributed by atoms with Crippen molar-refractivity contribution in [2.75, 3.05) is 13.1 Å². The van der Waals surface area contributed by atoms with Gasteiger partial charge in [0, 0.05) is 6.54 Å². The highest BCUT2D eigenvalue weighted by Gasteiger charge is 2.11. The highest BCUT2D eigenvalue weighted by molar-refractivity contribution is 5.65. The summed E-state index contributed by atoms with van der Waals surface area (Å²) in [5.41, 5.74) is 3.70. The molecule has 0 bridgehead atoms. The molecule has 1 aromatic carbocycles. The van der Waals surface area contributed by atoms with E-state index in [2.05, 4.69) is 34.7 Å². The van der Waals surface area contributed by atoms with Crippen molar-refractivity contribution in [3.8, 4) is 5.69 Å². The van der Waals surface area contributed by atoms with Crippen molar-refractivity contribution in [3.05, 3.63) is 54.4 Å². The fourth-order valence-corrected chi connectivity index (χ4v) is 2.18. The van der Waals surface area contributed by atoms with Crippen LogP contribution in [-0.4, -0.2) is 22.9 Å². The van der Waals surface area contributed by atoms with Crippen LogP contribution in [0, 0.1) is 0 Å². The Morgan fingerprint density at radius 3 is 2.76 bits per heavy atom. The smallest absolute Gasteiger partial charge is 0.0698 e. The minimum absolute atomic E-state index is 0.954. The molecule has 0 saturated carbocycles. The number of nitrogens with zero attached hydrogens (tertiary/aromatic N) is 2. The summed E-state index contributed by atoms with van der Waals surface area (Å²) in [4.78, 5) is 0. The molecule has 0 aliphatic carbocycles. The van der Waals surface area contributed by atoms with E-state index in [0.29, 0.717) is 0 Å². The van der Waals surface area contributed by atoms with Gasteiger partial charge in [-0.1, -0.05) is 24.3 Å². The van der Waals surface area contributed by atoms with Crippen LogP contribution in [0.1, 0.15) is 12.1 Å². The van der Waals surface area contributed by atoms with Gasteiger partial charge in [-0.3, -0.25) is 0 Å². The van der Waals surface area contributed by atoms with Crippen molar-refractivity contribution in [3.63, 3.8) is 0 Å². The van der Waals surface area contributed by atoms with Crippen molar-refractivity contribution >= 4 is 5.57 Å². The molecule has 0 radical (unpaired) electrons. The number of nitrogens with one attached hydrogen (secondary N) is 1. The van der Waals surface area contributed by atoms with Crippen molar-refractivity contribution in [2.45, 2.75) is 6.42 Å². The SMILES string of the molecule is C1=C(c2ccnn2-c2ccccc2)CCNC1. The van der Waals surface area contributed by atoms with Gasteiger partial charge >= 0.3 is 0 Å². The largest absolute Gasteiger partial charge is 0.313 e. The Balaban J connectivity index is 2.02. The first-order valence-electron chi connectivity index (χ1n) is 5.95. The predicted octanol–water partition coefficient (Wildman–Crippen LogP) is 2.25. The van der Waals surface area contributed by atoms with E-state index < -0.39 is 0 Å². The average Bonchev–Trinajstić information content (AvgIpc) is 2.90. The monoisotopic (exact) mass is 225 g/mol. The van der Waals surface area contributed by atoms with Gasteiger partial charge in [0.05, 0.1) is 17.6 Å². The van der Waals surface area contributed by atoms with Crippen LogP contribution in [0.2, 0.25) is 0 Å². The van der Waals surface area contributed by atoms with E-state index in [9.17, 15) is 0 Å². The van der Waals surface area contributed by atoms with Crippen molar-refractivity contribution in [1.82, 2.24) is 15.1 Å². The molecule has 1 N–H and O–H groups in total. The van der Waals surface area contributed by atoms with Crippen LogP contribution in [-0.2, 0) is 0 Å². The van der Waals surface area contributed by atoms with Gasteiger partial charge in [0.2, 0.25) is 0 Å². The number of hydrogen-bond donors (Lipinski definition) is 1. The first-order valence-corrected chi connectivity index (χ1v) is 5.95. The van der Waals surface area contributed by atoms with Crippen LogP contribution in [0.25, 0.3) is 11.3 Å². The first kappa shape index (κ1) is 10.3. The van der Waals surface area contributed by atoms with E-state index in [1.807, 2.05) is 29.1 Å². The zero-order valence-corrected chi connectivity index (χ0v) is 9.63. The number of rotatable bonds is 2. The molecule has 0 unspecified atom stereocenters. The normalized spacial score (nSPS) is 15.6. The Kier molecular flexibility index (Phi) is 2.76. The fourth-order valence-electron chi connectivity index (χ4n) is 2.18. The molecule has 0 atom stereocenters. The summed E-state index contributed by atoms with van der Waals surface area (Å²) in [6, 6.07) is 12.4. The lowest BCUT2D eigenvalue weighted by Gasteiger charge is -2.15. The van der Waals surface area contributed by atoms with Gasteiger partial charge in [0.15, 0.2) is 0 Å². The third kappa shape index (κ3) is 2.01. The Hall–Kier alpha value is -1.87. The summed E-state index contributed by atoms with van der Waals surface area (Å²) in [6.45, 7) is 2.00. The molecule has 0 fully saturated rings. The Morgan fingerprint density at radius 2 is 2.00 bits per heavy atom. The Morgan fingerprint density at radius 1 is 1.12 bits per heavy atom. The van der Waals surface area contributed by atoms with Gasteiger partial charge in [-0.05, 0) is 36.7 Å². The highest BCUT2D eigenvalue weighted by atomic mass is 15.3.